The summed E-state index contributed by atoms with van der Waals surface area (Å²) in [5, 5.41) is 2.61. The zero-order valence-electron chi connectivity index (χ0n) is 19.9. The first-order valence-corrected chi connectivity index (χ1v) is 11.8. The Morgan fingerprint density at radius 2 is 1.89 bits per heavy atom. The van der Waals surface area contributed by atoms with E-state index in [4.69, 9.17) is 4.74 Å². The van der Waals surface area contributed by atoms with Gasteiger partial charge in [0.2, 0.25) is 0 Å². The molecule has 0 bridgehead atoms. The number of aromatic nitrogens is 2. The fourth-order valence-corrected chi connectivity index (χ4v) is 4.36. The van der Waals surface area contributed by atoms with Gasteiger partial charge in [-0.2, -0.15) is 17.9 Å². The maximum Gasteiger partial charge on any atom is 0.493 e. The average molecular weight is 530 g/mol. The van der Waals surface area contributed by atoms with Crippen LogP contribution in [0.15, 0.2) is 42.6 Å². The number of morpholine rings is 1. The molecular weight excluding hydrogens is 508 g/mol. The summed E-state index contributed by atoms with van der Waals surface area (Å²) in [6.45, 7) is 2.47. The molecule has 0 unspecified atom stereocenters. The van der Waals surface area contributed by atoms with Crippen molar-refractivity contribution in [3.8, 4) is 11.3 Å². The lowest BCUT2D eigenvalue weighted by Gasteiger charge is -2.29. The summed E-state index contributed by atoms with van der Waals surface area (Å²) in [6.07, 6.45) is -0.340. The quantitative estimate of drug-likeness (QED) is 0.509. The molecule has 0 spiro atoms. The van der Waals surface area contributed by atoms with E-state index in [1.807, 2.05) is 4.90 Å². The molecule has 1 amide bonds. The molecule has 2 aliphatic heterocycles. The van der Waals surface area contributed by atoms with E-state index in [0.717, 1.165) is 4.73 Å². The lowest BCUT2D eigenvalue weighted by molar-refractivity contribution is -0.199. The number of hydrogen-bond donors (Lipinski definition) is 1. The number of anilines is 1. The van der Waals surface area contributed by atoms with Crippen LogP contribution in [0.5, 0.6) is 0 Å². The second-order valence-electron chi connectivity index (χ2n) is 8.68. The number of ether oxygens (including phenoxy) is 1. The third-order valence-corrected chi connectivity index (χ3v) is 6.20. The van der Waals surface area contributed by atoms with Crippen LogP contribution in [0.25, 0.3) is 23.4 Å². The highest BCUT2D eigenvalue weighted by molar-refractivity contribution is 5.98. The maximum atomic E-state index is 14.7. The summed E-state index contributed by atoms with van der Waals surface area (Å²) >= 11 is 0. The number of alkyl halides is 3. The average Bonchev–Trinajstić information content (AvgIpc) is 3.27. The number of amides is 1. The zero-order chi connectivity index (χ0) is 26.9. The normalized spacial score (nSPS) is 15.9. The van der Waals surface area contributed by atoms with Gasteiger partial charge in [-0.1, -0.05) is 12.1 Å². The van der Waals surface area contributed by atoms with Crippen LogP contribution in [0.2, 0.25) is 0 Å². The number of nitrogens with one attached hydrogen (secondary N) is 1. The number of halogens is 4. The SMILES string of the molecule is O=C1NCCc2c1cc(-c1ccnc(C=Cc3ccc(N4CCOCC4)c(F)c3)c1)n2OC(=O)C(F)(F)F. The van der Waals surface area contributed by atoms with Crippen molar-refractivity contribution in [1.29, 1.82) is 0 Å². The van der Waals surface area contributed by atoms with Crippen LogP contribution in [0.3, 0.4) is 0 Å². The van der Waals surface area contributed by atoms with Crippen molar-refractivity contribution in [2.75, 3.05) is 37.7 Å². The van der Waals surface area contributed by atoms with Crippen molar-refractivity contribution in [2.45, 2.75) is 12.6 Å². The molecule has 12 heteroatoms. The van der Waals surface area contributed by atoms with Crippen LogP contribution < -0.4 is 15.1 Å². The second-order valence-corrected chi connectivity index (χ2v) is 8.68. The van der Waals surface area contributed by atoms with Crippen molar-refractivity contribution >= 4 is 29.7 Å². The Morgan fingerprint density at radius 3 is 2.63 bits per heavy atom. The molecule has 38 heavy (non-hydrogen) atoms. The van der Waals surface area contributed by atoms with E-state index in [9.17, 15) is 27.2 Å². The summed E-state index contributed by atoms with van der Waals surface area (Å²) in [4.78, 5) is 34.8. The monoisotopic (exact) mass is 530 g/mol. The van der Waals surface area contributed by atoms with Crippen LogP contribution in [0.1, 0.15) is 27.3 Å². The number of rotatable bonds is 5. The lowest BCUT2D eigenvalue weighted by atomic mass is 10.1. The van der Waals surface area contributed by atoms with Crippen LogP contribution in [0, 0.1) is 5.82 Å². The molecule has 1 saturated heterocycles. The molecule has 198 valence electrons. The highest BCUT2D eigenvalue weighted by Crippen LogP contribution is 2.29. The highest BCUT2D eigenvalue weighted by atomic mass is 19.4. The molecule has 8 nitrogen and oxygen atoms in total. The van der Waals surface area contributed by atoms with Crippen molar-refractivity contribution in [2.24, 2.45) is 0 Å². The van der Waals surface area contributed by atoms with Gasteiger partial charge in [0.25, 0.3) is 5.91 Å². The van der Waals surface area contributed by atoms with E-state index in [1.54, 1.807) is 30.4 Å². The smallest absolute Gasteiger partial charge is 0.378 e. The number of benzene rings is 1. The van der Waals surface area contributed by atoms with E-state index in [1.165, 1.54) is 24.4 Å². The van der Waals surface area contributed by atoms with Crippen molar-refractivity contribution < 1.29 is 36.7 Å². The molecule has 2 aromatic heterocycles. The molecule has 0 atom stereocenters. The van der Waals surface area contributed by atoms with Gasteiger partial charge in [0.15, 0.2) is 0 Å². The van der Waals surface area contributed by atoms with Crippen molar-refractivity contribution in [3.05, 3.63) is 70.9 Å². The molecule has 1 N–H and O–H groups in total. The summed E-state index contributed by atoms with van der Waals surface area (Å²) in [5.74, 6) is -3.25. The Kier molecular flexibility index (Phi) is 6.89. The Balaban J connectivity index is 1.43. The number of nitrogens with zero attached hydrogens (tertiary/aromatic N) is 3. The summed E-state index contributed by atoms with van der Waals surface area (Å²) in [7, 11) is 0. The summed E-state index contributed by atoms with van der Waals surface area (Å²) < 4.78 is 59.6. The predicted molar refractivity (Wildman–Crippen MR) is 130 cm³/mol. The van der Waals surface area contributed by atoms with Gasteiger partial charge in [0.1, 0.15) is 5.82 Å². The minimum absolute atomic E-state index is 0.0857. The molecular formula is C26H22F4N4O4. The van der Waals surface area contributed by atoms with Crippen molar-refractivity contribution in [3.63, 3.8) is 0 Å². The highest BCUT2D eigenvalue weighted by Gasteiger charge is 2.43. The van der Waals surface area contributed by atoms with E-state index in [-0.39, 0.29) is 35.7 Å². The lowest BCUT2D eigenvalue weighted by Crippen LogP contribution is -2.37. The third kappa shape index (κ3) is 5.25. The minimum Gasteiger partial charge on any atom is -0.378 e. The zero-order valence-corrected chi connectivity index (χ0v) is 19.9. The molecule has 0 radical (unpaired) electrons. The maximum absolute atomic E-state index is 14.7. The number of carbonyl (C=O) groups excluding carboxylic acids is 2. The van der Waals surface area contributed by atoms with Gasteiger partial charge < -0.3 is 19.8 Å². The van der Waals surface area contributed by atoms with E-state index >= 15 is 0 Å². The largest absolute Gasteiger partial charge is 0.493 e. The van der Waals surface area contributed by atoms with Gasteiger partial charge in [-0.15, -0.1) is 0 Å². The first-order valence-electron chi connectivity index (χ1n) is 11.8. The van der Waals surface area contributed by atoms with Gasteiger partial charge >= 0.3 is 12.1 Å². The van der Waals surface area contributed by atoms with Crippen molar-refractivity contribution in [1.82, 2.24) is 15.0 Å². The van der Waals surface area contributed by atoms with Crippen LogP contribution in [0.4, 0.5) is 23.2 Å². The van der Waals surface area contributed by atoms with Gasteiger partial charge in [0, 0.05) is 37.8 Å². The van der Waals surface area contributed by atoms with E-state index in [2.05, 4.69) is 15.1 Å². The molecule has 5 rings (SSSR count). The molecule has 4 heterocycles. The van der Waals surface area contributed by atoms with Gasteiger partial charge in [-0.05, 0) is 42.0 Å². The Hall–Kier alpha value is -4.19. The first-order chi connectivity index (χ1) is 18.2. The number of pyridine rings is 1. The second kappa shape index (κ2) is 10.3. The molecule has 3 aromatic rings. The Bertz CT molecular complexity index is 1410. The molecule has 0 saturated carbocycles. The van der Waals surface area contributed by atoms with Gasteiger partial charge in [-0.3, -0.25) is 9.78 Å². The van der Waals surface area contributed by atoms with Gasteiger partial charge in [0.05, 0.1) is 41.5 Å². The van der Waals surface area contributed by atoms with Crippen LogP contribution in [-0.4, -0.2) is 60.6 Å². The molecule has 0 aliphatic carbocycles. The van der Waals surface area contributed by atoms with E-state index < -0.39 is 18.1 Å². The molecule has 2 aliphatic rings. The van der Waals surface area contributed by atoms with E-state index in [0.29, 0.717) is 48.8 Å². The fourth-order valence-electron chi connectivity index (χ4n) is 4.36. The van der Waals surface area contributed by atoms with Gasteiger partial charge in [-0.25, -0.2) is 9.18 Å². The Labute approximate surface area is 214 Å². The number of fused-ring (bicyclic) bond motifs is 1. The first kappa shape index (κ1) is 25.5. The summed E-state index contributed by atoms with van der Waals surface area (Å²) in [5.41, 5.74) is 2.22. The molecule has 1 aromatic carbocycles. The summed E-state index contributed by atoms with van der Waals surface area (Å²) in [6, 6.07) is 9.32. The third-order valence-electron chi connectivity index (χ3n) is 6.20. The Morgan fingerprint density at radius 1 is 1.11 bits per heavy atom. The van der Waals surface area contributed by atoms with Crippen LogP contribution in [-0.2, 0) is 16.0 Å². The number of carbonyl (C=O) groups is 2. The predicted octanol–water partition coefficient (Wildman–Crippen LogP) is 3.50. The fraction of sp³-hybridized carbons (Fsp3) is 0.269. The van der Waals surface area contributed by atoms with Crippen LogP contribution >= 0.6 is 0 Å². The minimum atomic E-state index is -5.22. The standard InChI is InChI=1S/C26H22F4N4O4/c27-20-13-16(2-4-22(20)33-9-11-37-12-10-33)1-3-18-14-17(5-7-31-18)23-15-19-21(6-8-32-24(19)35)34(23)38-25(36)26(28,29)30/h1-5,7,13-15H,6,8-12H2,(H,32,35). The topological polar surface area (TPSA) is 85.7 Å². The number of hydrogen-bond acceptors (Lipinski definition) is 6. The molecule has 1 fully saturated rings.